The average Bonchev–Trinajstić information content (AvgIpc) is 2.94. The molecule has 10 heteroatoms. The molecule has 0 saturated carbocycles. The van der Waals surface area contributed by atoms with Crippen LogP contribution in [0.25, 0.3) is 22.4 Å². The van der Waals surface area contributed by atoms with Crippen molar-refractivity contribution in [3.05, 3.63) is 54.0 Å². The van der Waals surface area contributed by atoms with E-state index in [1.165, 1.54) is 18.2 Å². The summed E-state index contributed by atoms with van der Waals surface area (Å²) < 4.78 is 83.2. The van der Waals surface area contributed by atoms with Crippen LogP contribution in [0.15, 0.2) is 51.9 Å². The van der Waals surface area contributed by atoms with E-state index < -0.39 is 32.7 Å². The molecule has 0 radical (unpaired) electrons. The van der Waals surface area contributed by atoms with Gasteiger partial charge in [-0.05, 0) is 48.9 Å². The predicted molar refractivity (Wildman–Crippen MR) is 91.9 cm³/mol. The van der Waals surface area contributed by atoms with E-state index in [0.29, 0.717) is 22.5 Å². The van der Waals surface area contributed by atoms with Crippen LogP contribution in [0.5, 0.6) is 5.75 Å². The van der Waals surface area contributed by atoms with Gasteiger partial charge in [0.05, 0.1) is 5.56 Å². The van der Waals surface area contributed by atoms with Crippen LogP contribution >= 0.6 is 0 Å². The minimum atomic E-state index is -4.81. The molecular weight excluding hydrogens is 402 g/mol. The number of rotatable bonds is 4. The molecule has 1 heterocycles. The van der Waals surface area contributed by atoms with Crippen LogP contribution in [0.2, 0.25) is 0 Å². The highest BCUT2D eigenvalue weighted by molar-refractivity contribution is 7.90. The first-order valence-corrected chi connectivity index (χ1v) is 9.67. The van der Waals surface area contributed by atoms with Crippen LogP contribution in [0.1, 0.15) is 5.76 Å². The number of aryl methyl sites for hydroxylation is 1. The third-order valence-electron chi connectivity index (χ3n) is 3.84. The van der Waals surface area contributed by atoms with E-state index in [4.69, 9.17) is 4.52 Å². The van der Waals surface area contributed by atoms with Crippen molar-refractivity contribution in [2.75, 3.05) is 6.26 Å². The average molecular weight is 415 g/mol. The Morgan fingerprint density at radius 2 is 1.64 bits per heavy atom. The molecule has 0 N–H and O–H groups in total. The van der Waals surface area contributed by atoms with Gasteiger partial charge in [-0.1, -0.05) is 11.2 Å². The number of halogens is 4. The van der Waals surface area contributed by atoms with Crippen molar-refractivity contribution in [3.63, 3.8) is 0 Å². The summed E-state index contributed by atoms with van der Waals surface area (Å²) in [5.41, 5.74) is 1.38. The fourth-order valence-corrected chi connectivity index (χ4v) is 3.41. The second-order valence-corrected chi connectivity index (χ2v) is 7.94. The van der Waals surface area contributed by atoms with Crippen molar-refractivity contribution in [2.24, 2.45) is 0 Å². The molecular formula is C18H13F4NO4S. The Morgan fingerprint density at radius 1 is 1.04 bits per heavy atom. The zero-order valence-electron chi connectivity index (χ0n) is 14.5. The third-order valence-corrected chi connectivity index (χ3v) is 4.97. The number of benzene rings is 2. The normalized spacial score (nSPS) is 12.2. The summed E-state index contributed by atoms with van der Waals surface area (Å²) >= 11 is 0. The maximum absolute atomic E-state index is 14.3. The summed E-state index contributed by atoms with van der Waals surface area (Å²) in [6, 6.07) is 8.51. The highest BCUT2D eigenvalue weighted by Crippen LogP contribution is 2.36. The van der Waals surface area contributed by atoms with Gasteiger partial charge in [-0.3, -0.25) is 0 Å². The minimum Gasteiger partial charge on any atom is -0.406 e. The molecule has 0 spiro atoms. The third kappa shape index (κ3) is 4.16. The van der Waals surface area contributed by atoms with Crippen LogP contribution < -0.4 is 4.74 Å². The smallest absolute Gasteiger partial charge is 0.406 e. The van der Waals surface area contributed by atoms with Gasteiger partial charge in [-0.2, -0.15) is 0 Å². The maximum Gasteiger partial charge on any atom is 0.573 e. The lowest BCUT2D eigenvalue weighted by molar-refractivity contribution is -0.274. The summed E-state index contributed by atoms with van der Waals surface area (Å²) in [5, 5.41) is 3.89. The minimum absolute atomic E-state index is 0.266. The second kappa shape index (κ2) is 6.93. The first-order chi connectivity index (χ1) is 13.0. The van der Waals surface area contributed by atoms with E-state index >= 15 is 0 Å². The molecule has 0 aliphatic heterocycles. The molecule has 0 atom stereocenters. The molecule has 148 valence electrons. The van der Waals surface area contributed by atoms with E-state index in [-0.39, 0.29) is 5.69 Å². The van der Waals surface area contributed by atoms with E-state index in [1.807, 2.05) is 0 Å². The van der Waals surface area contributed by atoms with Crippen LogP contribution in [0.4, 0.5) is 17.6 Å². The lowest BCUT2D eigenvalue weighted by atomic mass is 9.99. The molecule has 0 saturated heterocycles. The Hall–Kier alpha value is -2.88. The van der Waals surface area contributed by atoms with Gasteiger partial charge in [0, 0.05) is 11.8 Å². The molecule has 28 heavy (non-hydrogen) atoms. The number of hydrogen-bond acceptors (Lipinski definition) is 5. The first-order valence-electron chi connectivity index (χ1n) is 7.78. The molecule has 3 rings (SSSR count). The Bertz CT molecular complexity index is 1120. The Kier molecular flexibility index (Phi) is 4.92. The molecule has 0 aliphatic carbocycles. The number of sulfone groups is 1. The van der Waals surface area contributed by atoms with Crippen LogP contribution in [0, 0.1) is 12.7 Å². The van der Waals surface area contributed by atoms with Gasteiger partial charge in [-0.25, -0.2) is 12.8 Å². The maximum atomic E-state index is 14.3. The van der Waals surface area contributed by atoms with E-state index in [9.17, 15) is 26.0 Å². The fourth-order valence-electron chi connectivity index (χ4n) is 2.68. The molecule has 0 bridgehead atoms. The van der Waals surface area contributed by atoms with Crippen molar-refractivity contribution >= 4 is 9.84 Å². The molecule has 0 unspecified atom stereocenters. The van der Waals surface area contributed by atoms with Gasteiger partial charge in [0.15, 0.2) is 9.84 Å². The Balaban J connectivity index is 2.03. The standard InChI is InChI=1S/C18H13F4NO4S/c1-10-16(12-5-8-15(14(19)9-12)28(2,24)25)17(23-27-10)11-3-6-13(7-4-11)26-18(20,21)22/h3-9H,1-2H3. The Morgan fingerprint density at radius 3 is 2.18 bits per heavy atom. The van der Waals surface area contributed by atoms with Gasteiger partial charge in [0.1, 0.15) is 27.9 Å². The van der Waals surface area contributed by atoms with Crippen LogP contribution in [0.3, 0.4) is 0 Å². The van der Waals surface area contributed by atoms with Crippen molar-refractivity contribution < 1.29 is 35.2 Å². The highest BCUT2D eigenvalue weighted by atomic mass is 32.2. The lowest BCUT2D eigenvalue weighted by Gasteiger charge is -2.09. The van der Waals surface area contributed by atoms with Gasteiger partial charge in [0.2, 0.25) is 0 Å². The van der Waals surface area contributed by atoms with Crippen molar-refractivity contribution in [2.45, 2.75) is 18.2 Å². The van der Waals surface area contributed by atoms with Crippen molar-refractivity contribution in [1.82, 2.24) is 5.16 Å². The number of ether oxygens (including phenoxy) is 1. The van der Waals surface area contributed by atoms with E-state index in [1.54, 1.807) is 6.92 Å². The second-order valence-electron chi connectivity index (χ2n) is 5.95. The predicted octanol–water partition coefficient (Wildman–Crippen LogP) is 4.76. The molecule has 0 amide bonds. The summed E-state index contributed by atoms with van der Waals surface area (Å²) in [6.45, 7) is 1.58. The largest absolute Gasteiger partial charge is 0.573 e. The van der Waals surface area contributed by atoms with Gasteiger partial charge in [-0.15, -0.1) is 13.2 Å². The summed E-state index contributed by atoms with van der Waals surface area (Å²) in [5.74, 6) is -1.00. The number of aromatic nitrogens is 1. The summed E-state index contributed by atoms with van der Waals surface area (Å²) in [4.78, 5) is -0.444. The fraction of sp³-hybridized carbons (Fsp3) is 0.167. The SMILES string of the molecule is Cc1onc(-c2ccc(OC(F)(F)F)cc2)c1-c1ccc(S(C)(=O)=O)c(F)c1. The van der Waals surface area contributed by atoms with Crippen LogP contribution in [-0.4, -0.2) is 26.2 Å². The zero-order valence-corrected chi connectivity index (χ0v) is 15.4. The number of nitrogens with zero attached hydrogens (tertiary/aromatic N) is 1. The molecule has 1 aromatic heterocycles. The highest BCUT2D eigenvalue weighted by Gasteiger charge is 2.31. The van der Waals surface area contributed by atoms with Crippen molar-refractivity contribution in [1.29, 1.82) is 0 Å². The van der Waals surface area contributed by atoms with Crippen molar-refractivity contribution in [3.8, 4) is 28.1 Å². The lowest BCUT2D eigenvalue weighted by Crippen LogP contribution is -2.16. The van der Waals surface area contributed by atoms with Gasteiger partial charge in [0.25, 0.3) is 0 Å². The molecule has 0 fully saturated rings. The zero-order chi connectivity index (χ0) is 20.7. The van der Waals surface area contributed by atoms with E-state index in [0.717, 1.165) is 30.5 Å². The van der Waals surface area contributed by atoms with E-state index in [2.05, 4.69) is 9.89 Å². The summed E-state index contributed by atoms with van der Waals surface area (Å²) in [6.07, 6.45) is -3.91. The molecule has 0 aliphatic rings. The first kappa shape index (κ1) is 19.9. The Labute approximate surface area is 157 Å². The molecule has 5 nitrogen and oxygen atoms in total. The quantitative estimate of drug-likeness (QED) is 0.575. The van der Waals surface area contributed by atoms with Gasteiger partial charge < -0.3 is 9.26 Å². The van der Waals surface area contributed by atoms with Gasteiger partial charge >= 0.3 is 6.36 Å². The number of hydrogen-bond donors (Lipinski definition) is 0. The summed E-state index contributed by atoms with van der Waals surface area (Å²) in [7, 11) is -3.73. The number of alkyl halides is 3. The topological polar surface area (TPSA) is 69.4 Å². The monoisotopic (exact) mass is 415 g/mol. The molecule has 2 aromatic carbocycles. The van der Waals surface area contributed by atoms with Crippen LogP contribution in [-0.2, 0) is 9.84 Å². The molecule has 3 aromatic rings.